The first-order valence-electron chi connectivity index (χ1n) is 9.25. The first-order chi connectivity index (χ1) is 13.6. The summed E-state index contributed by atoms with van der Waals surface area (Å²) in [5.41, 5.74) is 3.86. The maximum Gasteiger partial charge on any atom is 0.335 e. The molecule has 0 amide bonds. The number of allylic oxidation sites excluding steroid dienone is 1. The highest BCUT2D eigenvalue weighted by Gasteiger charge is 2.04. The normalized spacial score (nSPS) is 11.4. The van der Waals surface area contributed by atoms with Gasteiger partial charge in [0.1, 0.15) is 5.75 Å². The van der Waals surface area contributed by atoms with Crippen LogP contribution in [0.3, 0.4) is 0 Å². The Morgan fingerprint density at radius 2 is 1.89 bits per heavy atom. The standard InChI is InChI=1S/C23H24N2O3/c1-28-22-11-7-18(8-12-22)3-2-4-20(16-25-14-13-24-17-25)15-19-5-9-21(10-6-19)23(26)27/h5-15,17H,2-4,16H2,1H3,(H,26,27)/b20-15-. The van der Waals surface area contributed by atoms with Crippen LogP contribution in [0.2, 0.25) is 0 Å². The molecule has 28 heavy (non-hydrogen) atoms. The fourth-order valence-corrected chi connectivity index (χ4v) is 3.08. The number of nitrogens with zero attached hydrogens (tertiary/aromatic N) is 2. The van der Waals surface area contributed by atoms with Gasteiger partial charge in [0.15, 0.2) is 0 Å². The van der Waals surface area contributed by atoms with E-state index in [-0.39, 0.29) is 0 Å². The van der Waals surface area contributed by atoms with Gasteiger partial charge >= 0.3 is 5.97 Å². The van der Waals surface area contributed by atoms with E-state index in [4.69, 9.17) is 9.84 Å². The van der Waals surface area contributed by atoms with E-state index in [0.717, 1.165) is 37.1 Å². The van der Waals surface area contributed by atoms with E-state index in [2.05, 4.69) is 23.2 Å². The Morgan fingerprint density at radius 3 is 2.50 bits per heavy atom. The second-order valence-electron chi connectivity index (χ2n) is 6.67. The Hall–Kier alpha value is -3.34. The predicted octanol–water partition coefficient (Wildman–Crippen LogP) is 4.70. The van der Waals surface area contributed by atoms with Crippen LogP contribution in [0.4, 0.5) is 0 Å². The third kappa shape index (κ3) is 5.58. The number of benzene rings is 2. The Labute approximate surface area is 164 Å². The average Bonchev–Trinajstić information content (AvgIpc) is 3.22. The van der Waals surface area contributed by atoms with Gasteiger partial charge < -0.3 is 14.4 Å². The number of carboxylic acids is 1. The van der Waals surface area contributed by atoms with Crippen molar-refractivity contribution < 1.29 is 14.6 Å². The lowest BCUT2D eigenvalue weighted by Crippen LogP contribution is -2.00. The van der Waals surface area contributed by atoms with Gasteiger partial charge in [-0.15, -0.1) is 0 Å². The van der Waals surface area contributed by atoms with Crippen LogP contribution in [0.15, 0.2) is 72.8 Å². The van der Waals surface area contributed by atoms with E-state index in [1.807, 2.05) is 41.4 Å². The summed E-state index contributed by atoms with van der Waals surface area (Å²) in [7, 11) is 1.67. The third-order valence-corrected chi connectivity index (χ3v) is 4.60. The van der Waals surface area contributed by atoms with Crippen LogP contribution in [-0.4, -0.2) is 27.7 Å². The zero-order chi connectivity index (χ0) is 19.8. The molecule has 0 spiro atoms. The van der Waals surface area contributed by atoms with Gasteiger partial charge in [-0.1, -0.05) is 30.3 Å². The molecule has 144 valence electrons. The van der Waals surface area contributed by atoms with E-state index in [9.17, 15) is 4.79 Å². The van der Waals surface area contributed by atoms with Crippen LogP contribution >= 0.6 is 0 Å². The molecule has 0 radical (unpaired) electrons. The molecule has 0 saturated carbocycles. The SMILES string of the molecule is COc1ccc(CCC/C(=C/c2ccc(C(=O)O)cc2)Cn2ccnc2)cc1. The number of carboxylic acid groups (broad SMARTS) is 1. The first-order valence-corrected chi connectivity index (χ1v) is 9.25. The number of ether oxygens (including phenoxy) is 1. The zero-order valence-corrected chi connectivity index (χ0v) is 15.9. The minimum absolute atomic E-state index is 0.299. The topological polar surface area (TPSA) is 64.3 Å². The summed E-state index contributed by atoms with van der Waals surface area (Å²) in [6.45, 7) is 0.767. The Balaban J connectivity index is 1.68. The fourth-order valence-electron chi connectivity index (χ4n) is 3.08. The molecule has 0 aliphatic carbocycles. The molecular weight excluding hydrogens is 352 g/mol. The van der Waals surface area contributed by atoms with Crippen molar-refractivity contribution in [2.75, 3.05) is 7.11 Å². The van der Waals surface area contributed by atoms with Crippen LogP contribution in [-0.2, 0) is 13.0 Å². The Morgan fingerprint density at radius 1 is 1.14 bits per heavy atom. The maximum atomic E-state index is 11.0. The van der Waals surface area contributed by atoms with Crippen molar-refractivity contribution in [2.24, 2.45) is 0 Å². The monoisotopic (exact) mass is 376 g/mol. The fraction of sp³-hybridized carbons (Fsp3) is 0.217. The van der Waals surface area contributed by atoms with Crippen molar-refractivity contribution in [2.45, 2.75) is 25.8 Å². The summed E-state index contributed by atoms with van der Waals surface area (Å²) in [4.78, 5) is 15.1. The van der Waals surface area contributed by atoms with Gasteiger partial charge in [-0.25, -0.2) is 9.78 Å². The average molecular weight is 376 g/mol. The second kappa shape index (κ2) is 9.55. The summed E-state index contributed by atoms with van der Waals surface area (Å²) < 4.78 is 7.25. The number of carbonyl (C=O) groups is 1. The van der Waals surface area contributed by atoms with Gasteiger partial charge in [0.05, 0.1) is 19.0 Å². The highest BCUT2D eigenvalue weighted by molar-refractivity contribution is 5.87. The molecule has 1 aromatic heterocycles. The van der Waals surface area contributed by atoms with Crippen LogP contribution in [0, 0.1) is 0 Å². The van der Waals surface area contributed by atoms with Gasteiger partial charge in [-0.3, -0.25) is 0 Å². The molecule has 0 atom stereocenters. The van der Waals surface area contributed by atoms with Crippen molar-refractivity contribution in [3.05, 3.63) is 89.5 Å². The molecule has 1 heterocycles. The Kier molecular flexibility index (Phi) is 6.63. The van der Waals surface area contributed by atoms with Crippen LogP contribution < -0.4 is 4.74 Å². The van der Waals surface area contributed by atoms with E-state index in [0.29, 0.717) is 5.56 Å². The lowest BCUT2D eigenvalue weighted by Gasteiger charge is -2.10. The number of rotatable bonds is 9. The number of hydrogen-bond donors (Lipinski definition) is 1. The van der Waals surface area contributed by atoms with Gasteiger partial charge in [0, 0.05) is 18.9 Å². The molecular formula is C23H24N2O3. The van der Waals surface area contributed by atoms with Crippen molar-refractivity contribution in [1.82, 2.24) is 9.55 Å². The van der Waals surface area contributed by atoms with Crippen molar-refractivity contribution in [3.63, 3.8) is 0 Å². The van der Waals surface area contributed by atoms with E-state index in [1.54, 1.807) is 25.4 Å². The van der Waals surface area contributed by atoms with E-state index >= 15 is 0 Å². The van der Waals surface area contributed by atoms with Gasteiger partial charge in [-0.2, -0.15) is 0 Å². The largest absolute Gasteiger partial charge is 0.497 e. The van der Waals surface area contributed by atoms with E-state index < -0.39 is 5.97 Å². The van der Waals surface area contributed by atoms with Gasteiger partial charge in [0.25, 0.3) is 0 Å². The van der Waals surface area contributed by atoms with Crippen LogP contribution in [0.5, 0.6) is 5.75 Å². The highest BCUT2D eigenvalue weighted by atomic mass is 16.5. The van der Waals surface area contributed by atoms with Crippen LogP contribution in [0.25, 0.3) is 6.08 Å². The number of imidazole rings is 1. The maximum absolute atomic E-state index is 11.0. The van der Waals surface area contributed by atoms with Gasteiger partial charge in [-0.05, 0) is 60.2 Å². The van der Waals surface area contributed by atoms with Crippen molar-refractivity contribution in [3.8, 4) is 5.75 Å². The number of aromatic carboxylic acids is 1. The summed E-state index contributed by atoms with van der Waals surface area (Å²) in [5.74, 6) is -0.0390. The summed E-state index contributed by atoms with van der Waals surface area (Å²) in [6, 6.07) is 15.1. The van der Waals surface area contributed by atoms with Crippen molar-refractivity contribution >= 4 is 12.0 Å². The van der Waals surface area contributed by atoms with Crippen molar-refractivity contribution in [1.29, 1.82) is 0 Å². The molecule has 0 saturated heterocycles. The molecule has 5 heteroatoms. The summed E-state index contributed by atoms with van der Waals surface area (Å²) in [5, 5.41) is 9.05. The second-order valence-corrected chi connectivity index (χ2v) is 6.67. The molecule has 3 aromatic rings. The smallest absolute Gasteiger partial charge is 0.335 e. The number of hydrogen-bond acceptors (Lipinski definition) is 3. The number of aromatic nitrogens is 2. The summed E-state index contributed by atoms with van der Waals surface area (Å²) in [6.07, 6.45) is 10.6. The minimum Gasteiger partial charge on any atom is -0.497 e. The lowest BCUT2D eigenvalue weighted by atomic mass is 10.0. The molecule has 0 bridgehead atoms. The summed E-state index contributed by atoms with van der Waals surface area (Å²) >= 11 is 0. The Bertz CT molecular complexity index is 911. The van der Waals surface area contributed by atoms with Crippen LogP contribution in [0.1, 0.15) is 34.3 Å². The highest BCUT2D eigenvalue weighted by Crippen LogP contribution is 2.18. The number of aryl methyl sites for hydroxylation is 1. The molecule has 1 N–H and O–H groups in total. The molecule has 0 aliphatic rings. The molecule has 0 unspecified atom stereocenters. The molecule has 0 aliphatic heterocycles. The third-order valence-electron chi connectivity index (χ3n) is 4.60. The quantitative estimate of drug-likeness (QED) is 0.588. The molecule has 0 fully saturated rings. The first kappa shape index (κ1) is 19.4. The minimum atomic E-state index is -0.909. The molecule has 3 rings (SSSR count). The molecule has 5 nitrogen and oxygen atoms in total. The lowest BCUT2D eigenvalue weighted by molar-refractivity contribution is 0.0697. The number of methoxy groups -OCH3 is 1. The van der Waals surface area contributed by atoms with Gasteiger partial charge in [0.2, 0.25) is 0 Å². The zero-order valence-electron chi connectivity index (χ0n) is 15.9. The molecule has 2 aromatic carbocycles. The predicted molar refractivity (Wildman–Crippen MR) is 110 cm³/mol. The van der Waals surface area contributed by atoms with E-state index in [1.165, 1.54) is 11.1 Å².